The van der Waals surface area contributed by atoms with E-state index >= 15 is 0 Å². The Labute approximate surface area is 110 Å². The van der Waals surface area contributed by atoms with Crippen LogP contribution in [0.4, 0.5) is 4.79 Å². The first-order valence-electron chi connectivity index (χ1n) is 2.65. The van der Waals surface area contributed by atoms with Crippen molar-refractivity contribution in [3.8, 4) is 0 Å². The van der Waals surface area contributed by atoms with Crippen LogP contribution in [-0.2, 0) is 0 Å². The first-order valence-corrected chi connectivity index (χ1v) is 5.69. The van der Waals surface area contributed by atoms with Gasteiger partial charge < -0.3 is 0 Å². The Bertz CT molecular complexity index is 203. The molecule has 0 saturated heterocycles. The number of halogens is 6. The maximum Gasteiger partial charge on any atom is 0.326 e. The largest absolute Gasteiger partial charge is 0.326 e. The predicted octanol–water partition coefficient (Wildman–Crippen LogP) is 4.43. The molecule has 0 aromatic rings. The molecule has 0 heterocycles. The number of alkyl halides is 5. The molecule has 0 radical (unpaired) electrons. The summed E-state index contributed by atoms with van der Waals surface area (Å²) in [5.41, 5.74) is 0. The van der Waals surface area contributed by atoms with Gasteiger partial charge in [-0.25, -0.2) is 0 Å². The summed E-state index contributed by atoms with van der Waals surface area (Å²) in [5.74, 6) is 0. The van der Waals surface area contributed by atoms with Gasteiger partial charge in [0.2, 0.25) is 7.46 Å². The van der Waals surface area contributed by atoms with Gasteiger partial charge in [0.1, 0.15) is 0 Å². The Kier molecular flexibility index (Phi) is 5.67. The minimum atomic E-state index is -1.93. The van der Waals surface area contributed by atoms with Crippen molar-refractivity contribution in [2.45, 2.75) is 7.46 Å². The van der Waals surface area contributed by atoms with E-state index in [4.69, 9.17) is 69.6 Å². The monoisotopic (exact) mass is 323 g/mol. The summed E-state index contributed by atoms with van der Waals surface area (Å²) in [6.45, 7) is 0. The lowest BCUT2D eigenvalue weighted by atomic mass is 10.9. The summed E-state index contributed by atoms with van der Waals surface area (Å²) in [6.07, 6.45) is 0. The van der Waals surface area contributed by atoms with E-state index in [1.807, 2.05) is 0 Å². The third-order valence-electron chi connectivity index (χ3n) is 0.829. The van der Waals surface area contributed by atoms with Gasteiger partial charge in [-0.2, -0.15) is 0 Å². The van der Waals surface area contributed by atoms with Crippen molar-refractivity contribution in [1.82, 2.24) is 4.31 Å². The molecule has 0 saturated carbocycles. The maximum absolute atomic E-state index is 10.6. The fraction of sp³-hybridized carbons (Fsp3) is 0.750. The molecular weight excluding hydrogens is 323 g/mol. The Hall–Kier alpha value is 1.56. The molecule has 0 rings (SSSR count). The second-order valence-electron chi connectivity index (χ2n) is 1.86. The van der Waals surface area contributed by atoms with Crippen LogP contribution < -0.4 is 0 Å². The van der Waals surface area contributed by atoms with E-state index in [0.29, 0.717) is 11.9 Å². The smallest absolute Gasteiger partial charge is 0.273 e. The van der Waals surface area contributed by atoms with Crippen molar-refractivity contribution in [2.75, 3.05) is 7.05 Å². The average molecular weight is 326 g/mol. The van der Waals surface area contributed by atoms with Gasteiger partial charge in [-0.3, -0.25) is 9.10 Å². The molecule has 13 heavy (non-hydrogen) atoms. The van der Waals surface area contributed by atoms with Crippen molar-refractivity contribution in [3.63, 3.8) is 0 Å². The van der Waals surface area contributed by atoms with Crippen LogP contribution in [0.15, 0.2) is 0 Å². The summed E-state index contributed by atoms with van der Waals surface area (Å²) in [4.78, 5) is 10.6. The number of amides is 1. The second kappa shape index (κ2) is 5.06. The number of rotatable bonds is 2. The van der Waals surface area contributed by atoms with E-state index in [-0.39, 0.29) is 0 Å². The van der Waals surface area contributed by atoms with Crippen LogP contribution in [0.1, 0.15) is 0 Å². The van der Waals surface area contributed by atoms with Gasteiger partial charge in [0.05, 0.1) is 0 Å². The first-order chi connectivity index (χ1) is 5.58. The fourth-order valence-corrected chi connectivity index (χ4v) is 1.81. The molecule has 0 N–H and O–H groups in total. The Morgan fingerprint density at radius 1 is 1.23 bits per heavy atom. The van der Waals surface area contributed by atoms with Crippen LogP contribution in [-0.4, -0.2) is 24.2 Å². The third-order valence-corrected chi connectivity index (χ3v) is 4.91. The zero-order valence-electron chi connectivity index (χ0n) is 6.03. The minimum absolute atomic E-state index is 0.604. The second-order valence-corrected chi connectivity index (χ2v) is 7.58. The van der Waals surface area contributed by atoms with E-state index < -0.39 is 12.8 Å². The van der Waals surface area contributed by atoms with Gasteiger partial charge in [0.15, 0.2) is 0 Å². The Morgan fingerprint density at radius 3 is 1.85 bits per heavy atom. The summed E-state index contributed by atoms with van der Waals surface area (Å²) in [6, 6.07) is 0. The highest BCUT2D eigenvalue weighted by Gasteiger charge is 2.48. The van der Waals surface area contributed by atoms with E-state index in [1.165, 1.54) is 7.05 Å². The molecule has 0 aliphatic heterocycles. The van der Waals surface area contributed by atoms with Crippen LogP contribution in [0.5, 0.6) is 0 Å². The zero-order valence-corrected chi connectivity index (χ0v) is 11.4. The fourth-order valence-electron chi connectivity index (χ4n) is 0.260. The normalized spacial score (nSPS) is 12.8. The number of carbonyl (C=O) groups is 1. The van der Waals surface area contributed by atoms with Gasteiger partial charge in [0.25, 0.3) is 0 Å². The third kappa shape index (κ3) is 4.74. The lowest BCUT2D eigenvalue weighted by Gasteiger charge is -2.28. The number of hydrogen-bond acceptors (Lipinski definition) is 2. The van der Waals surface area contributed by atoms with Crippen molar-refractivity contribution < 1.29 is 4.79 Å². The lowest BCUT2D eigenvalue weighted by Crippen LogP contribution is -2.32. The molecule has 0 spiro atoms. The van der Waals surface area contributed by atoms with Gasteiger partial charge in [0, 0.05) is 7.05 Å². The summed E-state index contributed by atoms with van der Waals surface area (Å²) >= 11 is 33.3. The summed E-state index contributed by atoms with van der Waals surface area (Å²) < 4.78 is -2.76. The highest BCUT2D eigenvalue weighted by Crippen LogP contribution is 2.53. The van der Waals surface area contributed by atoms with E-state index in [2.05, 4.69) is 0 Å². The quantitative estimate of drug-likeness (QED) is 0.324. The van der Waals surface area contributed by atoms with Crippen molar-refractivity contribution >= 4 is 86.9 Å². The maximum atomic E-state index is 10.6. The molecular formula is C4H3Cl6NOS. The van der Waals surface area contributed by atoms with E-state index in [0.717, 1.165) is 4.31 Å². The molecule has 0 fully saturated rings. The predicted molar refractivity (Wildman–Crippen MR) is 61.3 cm³/mol. The number of carbonyl (C=O) groups excluding carboxylic acids is 1. The first kappa shape index (κ1) is 14.6. The van der Waals surface area contributed by atoms with Crippen molar-refractivity contribution in [2.24, 2.45) is 0 Å². The van der Waals surface area contributed by atoms with Gasteiger partial charge in [-0.1, -0.05) is 58.0 Å². The molecule has 0 aliphatic rings. The minimum Gasteiger partial charge on any atom is -0.273 e. The van der Waals surface area contributed by atoms with Gasteiger partial charge >= 0.3 is 5.37 Å². The molecule has 1 amide bonds. The summed E-state index contributed by atoms with van der Waals surface area (Å²) in [5, 5.41) is -0.773. The van der Waals surface area contributed by atoms with Crippen molar-refractivity contribution in [3.05, 3.63) is 0 Å². The van der Waals surface area contributed by atoms with Crippen LogP contribution in [0.3, 0.4) is 0 Å². The zero-order chi connectivity index (χ0) is 10.9. The van der Waals surface area contributed by atoms with E-state index in [1.54, 1.807) is 0 Å². The molecule has 0 atom stereocenters. The molecule has 0 aromatic heterocycles. The SMILES string of the molecule is CN(SC(Cl)(Cl)C(Cl)(Cl)Cl)C(=O)Cl. The van der Waals surface area contributed by atoms with Gasteiger partial charge in [-0.15, -0.1) is 0 Å². The van der Waals surface area contributed by atoms with E-state index in [9.17, 15) is 4.79 Å². The Morgan fingerprint density at radius 2 is 1.62 bits per heavy atom. The molecule has 78 valence electrons. The van der Waals surface area contributed by atoms with Crippen LogP contribution in [0.25, 0.3) is 0 Å². The van der Waals surface area contributed by atoms with Crippen LogP contribution in [0, 0.1) is 0 Å². The van der Waals surface area contributed by atoms with Crippen molar-refractivity contribution in [1.29, 1.82) is 0 Å². The lowest BCUT2D eigenvalue weighted by molar-refractivity contribution is 0.251. The average Bonchev–Trinajstić information content (AvgIpc) is 1.83. The van der Waals surface area contributed by atoms with Gasteiger partial charge in [-0.05, 0) is 23.5 Å². The Balaban J connectivity index is 4.43. The number of hydrogen-bond donors (Lipinski definition) is 0. The topological polar surface area (TPSA) is 20.3 Å². The highest BCUT2D eigenvalue weighted by atomic mass is 35.6. The molecule has 0 aromatic carbocycles. The molecule has 0 aliphatic carbocycles. The molecule has 2 nitrogen and oxygen atoms in total. The van der Waals surface area contributed by atoms with Crippen LogP contribution in [0.2, 0.25) is 0 Å². The van der Waals surface area contributed by atoms with Crippen LogP contribution >= 0.6 is 81.6 Å². The molecule has 0 unspecified atom stereocenters. The summed E-state index contributed by atoms with van der Waals surface area (Å²) in [7, 11) is 1.34. The number of nitrogens with zero attached hydrogens (tertiary/aromatic N) is 1. The standard InChI is InChI=1S/C4H3Cl6NOS/c1-11(2(5)12)13-4(9,10)3(6,7)8/h1H3. The highest BCUT2D eigenvalue weighted by molar-refractivity contribution is 8.02. The molecule has 9 heteroatoms. The molecule has 0 bridgehead atoms.